The molecule has 56 heavy (non-hydrogen) atoms. The summed E-state index contributed by atoms with van der Waals surface area (Å²) in [4.78, 5) is 30.8. The van der Waals surface area contributed by atoms with Gasteiger partial charge >= 0.3 is 0 Å². The second-order valence-corrected chi connectivity index (χ2v) is 16.2. The monoisotopic (exact) mass is 774 g/mol. The number of thioether (sulfide) groups is 2. The molecule has 2 aliphatic rings. The van der Waals surface area contributed by atoms with Crippen molar-refractivity contribution in [3.8, 4) is 11.4 Å². The van der Waals surface area contributed by atoms with Gasteiger partial charge in [-0.15, -0.1) is 30.1 Å². The molecule has 6 nitrogen and oxygen atoms in total. The van der Waals surface area contributed by atoms with Gasteiger partial charge in [-0.1, -0.05) is 86.8 Å². The third kappa shape index (κ3) is 7.58. The van der Waals surface area contributed by atoms with E-state index < -0.39 is 0 Å². The molecule has 9 rings (SSSR count). The molecule has 2 aliphatic heterocycles. The molecule has 2 aromatic heterocycles. The first kappa shape index (κ1) is 38.9. The number of rotatable bonds is 5. The Morgan fingerprint density at radius 2 is 1.02 bits per heavy atom. The smallest absolute Gasteiger partial charge is 0.197 e. The van der Waals surface area contributed by atoms with E-state index in [2.05, 4.69) is 107 Å². The van der Waals surface area contributed by atoms with Gasteiger partial charge in [0.05, 0.1) is 32.8 Å². The molecule has 8 heteroatoms. The highest BCUT2D eigenvalue weighted by Crippen LogP contribution is 2.38. The summed E-state index contributed by atoms with van der Waals surface area (Å²) < 4.78 is 4.22. The molecule has 2 N–H and O–H groups in total. The molecule has 2 saturated heterocycles. The van der Waals surface area contributed by atoms with E-state index in [4.69, 9.17) is 0 Å². The van der Waals surface area contributed by atoms with Crippen molar-refractivity contribution in [2.24, 2.45) is 0 Å². The minimum Gasteiger partial charge on any atom is -0.309 e. The van der Waals surface area contributed by atoms with Crippen LogP contribution in [0.2, 0.25) is 0 Å². The summed E-state index contributed by atoms with van der Waals surface area (Å²) in [6.45, 7) is 19.2. The molecule has 2 atom stereocenters. The van der Waals surface area contributed by atoms with Crippen LogP contribution in [0.3, 0.4) is 0 Å². The average Bonchev–Trinajstić information content (AvgIpc) is 3.87. The van der Waals surface area contributed by atoms with Crippen LogP contribution in [0.5, 0.6) is 0 Å². The zero-order valence-corrected chi connectivity index (χ0v) is 33.7. The van der Waals surface area contributed by atoms with Crippen LogP contribution in [-0.2, 0) is 0 Å². The van der Waals surface area contributed by atoms with Gasteiger partial charge in [0.1, 0.15) is 0 Å². The van der Waals surface area contributed by atoms with Gasteiger partial charge in [0, 0.05) is 46.0 Å². The van der Waals surface area contributed by atoms with Crippen molar-refractivity contribution in [2.45, 2.75) is 37.9 Å². The van der Waals surface area contributed by atoms with E-state index in [0.717, 1.165) is 62.9 Å². The van der Waals surface area contributed by atoms with Crippen LogP contribution in [-0.4, -0.2) is 22.2 Å². The Morgan fingerprint density at radius 1 is 0.625 bits per heavy atom. The topological polar surface area (TPSA) is 68.1 Å². The van der Waals surface area contributed by atoms with Gasteiger partial charge in [-0.05, 0) is 102 Å². The molecule has 7 aromatic rings. The Bertz CT molecular complexity index is 2580. The number of benzene rings is 5. The predicted octanol–water partition coefficient (Wildman–Crippen LogP) is 11.5. The Kier molecular flexibility index (Phi) is 11.9. The summed E-state index contributed by atoms with van der Waals surface area (Å²) in [6, 6.07) is 36.1. The molecule has 0 bridgehead atoms. The summed E-state index contributed by atoms with van der Waals surface area (Å²) in [5, 5.41) is 9.67. The van der Waals surface area contributed by atoms with E-state index in [1.165, 1.54) is 0 Å². The summed E-state index contributed by atoms with van der Waals surface area (Å²) in [6.07, 6.45) is 7.09. The lowest BCUT2D eigenvalue weighted by Gasteiger charge is -2.20. The number of para-hydroxylation sites is 2. The molecule has 2 fully saturated rings. The summed E-state index contributed by atoms with van der Waals surface area (Å²) in [5.74, 6) is 0. The molecule has 0 amide bonds. The molecular formula is C48H46N4O2S2. The molecule has 5 aromatic carbocycles. The van der Waals surface area contributed by atoms with Crippen molar-refractivity contribution < 1.29 is 0 Å². The number of fused-ring (bicyclic) bond motifs is 4. The first-order chi connectivity index (χ1) is 27.3. The van der Waals surface area contributed by atoms with Crippen molar-refractivity contribution in [3.63, 3.8) is 0 Å². The number of nitrogens with one attached hydrogen (secondary N) is 2. The van der Waals surface area contributed by atoms with Crippen molar-refractivity contribution in [1.82, 2.24) is 19.8 Å². The lowest BCUT2D eigenvalue weighted by atomic mass is 10.0. The fourth-order valence-electron chi connectivity index (χ4n) is 7.25. The summed E-state index contributed by atoms with van der Waals surface area (Å²) in [5.41, 5.74) is 7.00. The maximum atomic E-state index is 14.3. The zero-order valence-electron chi connectivity index (χ0n) is 32.0. The second-order valence-electron chi connectivity index (χ2n) is 13.7. The molecule has 0 aliphatic carbocycles. The van der Waals surface area contributed by atoms with E-state index in [1.807, 2.05) is 74.5 Å². The molecule has 0 spiro atoms. The Balaban J connectivity index is 0.000000552. The van der Waals surface area contributed by atoms with Gasteiger partial charge in [0.15, 0.2) is 10.9 Å². The maximum Gasteiger partial charge on any atom is 0.197 e. The van der Waals surface area contributed by atoms with Crippen LogP contribution in [0.25, 0.3) is 55.0 Å². The highest BCUT2D eigenvalue weighted by molar-refractivity contribution is 8.03. The SMILES string of the molecule is C/C=C\CC.C=C1CNC(c2ccc(-n3c4ccccc4c(=O)c4cc5c(cc43)c(=O)c3ccccc3n5-c3ccc(C4NCC(=C)S4)cc3)cc2)S1.C=CC. The van der Waals surface area contributed by atoms with Crippen molar-refractivity contribution in [2.75, 3.05) is 13.1 Å². The van der Waals surface area contributed by atoms with Gasteiger partial charge < -0.3 is 9.13 Å². The van der Waals surface area contributed by atoms with E-state index in [1.54, 1.807) is 29.6 Å². The second kappa shape index (κ2) is 17.2. The lowest BCUT2D eigenvalue weighted by molar-refractivity contribution is 0.765. The van der Waals surface area contributed by atoms with E-state index in [9.17, 15) is 9.59 Å². The molecular weight excluding hydrogens is 729 g/mol. The molecule has 2 unspecified atom stereocenters. The maximum absolute atomic E-state index is 14.3. The highest BCUT2D eigenvalue weighted by atomic mass is 32.2. The third-order valence-electron chi connectivity index (χ3n) is 9.78. The van der Waals surface area contributed by atoms with Crippen LogP contribution in [0.4, 0.5) is 0 Å². The quantitative estimate of drug-likeness (QED) is 0.134. The molecule has 0 saturated carbocycles. The summed E-state index contributed by atoms with van der Waals surface area (Å²) >= 11 is 3.48. The van der Waals surface area contributed by atoms with Crippen molar-refractivity contribution in [1.29, 1.82) is 0 Å². The number of hydrogen-bond donors (Lipinski definition) is 2. The number of aromatic nitrogens is 2. The van der Waals surface area contributed by atoms with Gasteiger partial charge in [-0.2, -0.15) is 0 Å². The van der Waals surface area contributed by atoms with Crippen molar-refractivity contribution >= 4 is 67.1 Å². The number of hydrogen-bond acceptors (Lipinski definition) is 6. The van der Waals surface area contributed by atoms with Crippen LogP contribution >= 0.6 is 23.5 Å². The lowest BCUT2D eigenvalue weighted by Crippen LogP contribution is -2.15. The molecule has 4 heterocycles. The van der Waals surface area contributed by atoms with Crippen LogP contribution < -0.4 is 21.5 Å². The molecule has 282 valence electrons. The van der Waals surface area contributed by atoms with Gasteiger partial charge in [0.2, 0.25) is 0 Å². The zero-order chi connectivity index (χ0) is 39.3. The van der Waals surface area contributed by atoms with E-state index in [0.29, 0.717) is 32.6 Å². The Hall–Kier alpha value is -5.38. The average molecular weight is 775 g/mol. The van der Waals surface area contributed by atoms with Crippen LogP contribution in [0, 0.1) is 0 Å². The largest absolute Gasteiger partial charge is 0.309 e. The minimum atomic E-state index is -0.0625. The standard InChI is InChI=1S/C40H30N4O2S2.C5H10.C3H6/c1-23-21-41-39(47-23)25-11-15-27(16-12-25)43-33-9-5-3-7-29(33)37(45)31-20-36-32(19-35(31)43)38(46)30-8-4-6-10-34(30)44(36)28-17-13-26(14-18-28)40-42-22-24(2)48-40;1-3-5-4-2;1-3-2/h3-20,39-42H,1-2,21-22H2;3,5H,4H2,1-2H3;3H,1H2,2H3/b;5-3-;. The third-order valence-corrected chi connectivity index (χ3v) is 12.1. The van der Waals surface area contributed by atoms with Gasteiger partial charge in [-0.3, -0.25) is 20.2 Å². The number of pyridine rings is 2. The van der Waals surface area contributed by atoms with Gasteiger partial charge in [-0.25, -0.2) is 0 Å². The fourth-order valence-corrected chi connectivity index (χ4v) is 9.17. The predicted molar refractivity (Wildman–Crippen MR) is 244 cm³/mol. The van der Waals surface area contributed by atoms with Crippen LogP contribution in [0.1, 0.15) is 49.1 Å². The van der Waals surface area contributed by atoms with Crippen LogP contribution in [0.15, 0.2) is 167 Å². The number of nitrogens with zero attached hydrogens (tertiary/aromatic N) is 2. The first-order valence-corrected chi connectivity index (χ1v) is 20.6. The van der Waals surface area contributed by atoms with E-state index in [-0.39, 0.29) is 21.6 Å². The van der Waals surface area contributed by atoms with Crippen molar-refractivity contribution in [3.05, 3.63) is 189 Å². The Morgan fingerprint density at radius 3 is 1.34 bits per heavy atom. The minimum absolute atomic E-state index is 0.0625. The number of allylic oxidation sites excluding steroid dienone is 3. The molecule has 0 radical (unpaired) electrons. The summed E-state index contributed by atoms with van der Waals surface area (Å²) in [7, 11) is 0. The van der Waals surface area contributed by atoms with E-state index >= 15 is 0 Å². The fraction of sp³-hybridized carbons (Fsp3) is 0.167. The Labute approximate surface area is 336 Å². The van der Waals surface area contributed by atoms with Gasteiger partial charge in [0.25, 0.3) is 0 Å². The normalized spacial score (nSPS) is 16.7. The first-order valence-electron chi connectivity index (χ1n) is 18.9. The highest BCUT2D eigenvalue weighted by Gasteiger charge is 2.23.